The molecule has 0 aliphatic carbocycles. The molecule has 7 heteroatoms. The van der Waals surface area contributed by atoms with E-state index < -0.39 is 5.97 Å². The van der Waals surface area contributed by atoms with Gasteiger partial charge in [0.25, 0.3) is 0 Å². The summed E-state index contributed by atoms with van der Waals surface area (Å²) in [7, 11) is 1.41. The van der Waals surface area contributed by atoms with Crippen molar-refractivity contribution in [1.82, 2.24) is 19.9 Å². The van der Waals surface area contributed by atoms with Crippen LogP contribution in [0.2, 0.25) is 0 Å². The fourth-order valence-electron chi connectivity index (χ4n) is 8.65. The molecule has 0 amide bonds. The van der Waals surface area contributed by atoms with Crippen LogP contribution < -0.4 is 9.97 Å². The smallest absolute Gasteiger partial charge is 0.657 e. The summed E-state index contributed by atoms with van der Waals surface area (Å²) in [6.07, 6.45) is 8.27. The molecule has 5 heterocycles. The van der Waals surface area contributed by atoms with Crippen LogP contribution in [0.15, 0.2) is 121 Å². The third-order valence-electron chi connectivity index (χ3n) is 12.3. The van der Waals surface area contributed by atoms with Crippen molar-refractivity contribution in [2.24, 2.45) is 0 Å². The molecule has 0 N–H and O–H groups in total. The van der Waals surface area contributed by atoms with Crippen LogP contribution in [0, 0.1) is 0 Å². The SMILES string of the molecule is COC(=O)c1ccccc1-c1c2nc(c(-c3ccc(C(C)(C)C)cc3)c3ccc([n-]3)c(-c3ccc(C(C)(C)C)cc3)c3nc(c(-c4ccc(C(C)(C)C)cc4)c4ccc1[n-]4)C=C3)C=C2.[Zn+2]. The van der Waals surface area contributed by atoms with Gasteiger partial charge in [-0.3, -0.25) is 0 Å². The molecule has 6 nitrogen and oxygen atoms in total. The largest absolute Gasteiger partial charge is 2.00 e. The Balaban J connectivity index is 0.00000576. The molecule has 320 valence electrons. The van der Waals surface area contributed by atoms with E-state index in [4.69, 9.17) is 24.7 Å². The summed E-state index contributed by atoms with van der Waals surface area (Å²) in [6.45, 7) is 20.0. The number of aromatic nitrogens is 4. The Morgan fingerprint density at radius 2 is 0.738 bits per heavy atom. The van der Waals surface area contributed by atoms with E-state index >= 15 is 0 Å². The van der Waals surface area contributed by atoms with Gasteiger partial charge in [-0.2, -0.15) is 0 Å². The van der Waals surface area contributed by atoms with Gasteiger partial charge in [0, 0.05) is 0 Å². The van der Waals surface area contributed by atoms with Crippen LogP contribution in [0.4, 0.5) is 0 Å². The van der Waals surface area contributed by atoms with Gasteiger partial charge in [0.2, 0.25) is 0 Å². The van der Waals surface area contributed by atoms with Crippen molar-refractivity contribution >= 4 is 52.3 Å². The molecular formula is C58H54N4O2Zn. The Hall–Kier alpha value is -6.43. The van der Waals surface area contributed by atoms with Crippen LogP contribution in [0.25, 0.3) is 90.9 Å². The number of benzene rings is 4. The van der Waals surface area contributed by atoms with E-state index in [-0.39, 0.29) is 35.7 Å². The number of rotatable bonds is 5. The Bertz CT molecular complexity index is 3130. The quantitative estimate of drug-likeness (QED) is 0.126. The van der Waals surface area contributed by atoms with E-state index in [1.807, 2.05) is 42.5 Å². The Morgan fingerprint density at radius 3 is 1.06 bits per heavy atom. The predicted octanol–water partition coefficient (Wildman–Crippen LogP) is 14.3. The summed E-state index contributed by atoms with van der Waals surface area (Å²) in [4.78, 5) is 35.2. The first kappa shape index (κ1) is 45.2. The molecule has 4 aromatic carbocycles. The summed E-state index contributed by atoms with van der Waals surface area (Å²) in [5, 5.41) is 0. The number of carbonyl (C=O) groups is 1. The molecule has 0 spiro atoms. The number of hydrogen-bond donors (Lipinski definition) is 0. The van der Waals surface area contributed by atoms with Crippen molar-refractivity contribution in [2.45, 2.75) is 78.6 Å². The van der Waals surface area contributed by atoms with Crippen LogP contribution >= 0.6 is 0 Å². The van der Waals surface area contributed by atoms with Gasteiger partial charge in [0.15, 0.2) is 0 Å². The van der Waals surface area contributed by atoms with E-state index in [1.54, 1.807) is 6.07 Å². The van der Waals surface area contributed by atoms with E-state index in [9.17, 15) is 4.79 Å². The van der Waals surface area contributed by atoms with E-state index in [2.05, 4.69) is 159 Å². The molecule has 0 saturated heterocycles. The van der Waals surface area contributed by atoms with Gasteiger partial charge in [0.05, 0.1) is 35.4 Å². The summed E-state index contributed by atoms with van der Waals surface area (Å²) >= 11 is 0. The van der Waals surface area contributed by atoms with Gasteiger partial charge < -0.3 is 14.7 Å². The Labute approximate surface area is 395 Å². The summed E-state index contributed by atoms with van der Waals surface area (Å²) in [5.41, 5.74) is 17.3. The standard InChI is InChI=1S/C58H55N4O2.Zn/c1-56(2,3)38-21-15-35(16-22-38)51-43-27-29-45(59-43)52(36-17-23-39(24-18-36)57(4,5)6)47-31-33-49(61-47)54(41-13-11-12-14-42(41)55(63)64-10)50-34-32-48(62-50)53(46-30-28-44(51)60-46)37-19-25-40(26-20-37)58(7,8)9;/h11-34H,1-10H3,(H-,59,60,61,62,63);/q-1;+2/p-1. The van der Waals surface area contributed by atoms with Crippen molar-refractivity contribution in [3.05, 3.63) is 166 Å². The number of carbonyl (C=O) groups excluding carboxylic acids is 1. The maximum Gasteiger partial charge on any atom is 2.00 e. The van der Waals surface area contributed by atoms with Crippen molar-refractivity contribution in [1.29, 1.82) is 0 Å². The third kappa shape index (κ3) is 8.75. The Morgan fingerprint density at radius 1 is 0.431 bits per heavy atom. The number of esters is 1. The molecule has 0 atom stereocenters. The van der Waals surface area contributed by atoms with Gasteiger partial charge in [0.1, 0.15) is 0 Å². The molecule has 0 saturated carbocycles. The zero-order valence-corrected chi connectivity index (χ0v) is 42.1. The molecule has 0 radical (unpaired) electrons. The molecule has 0 fully saturated rings. The average Bonchev–Trinajstić information content (AvgIpc) is 4.11. The minimum absolute atomic E-state index is 0. The minimum atomic E-state index is -0.437. The topological polar surface area (TPSA) is 80.3 Å². The molecular weight excluding hydrogens is 850 g/mol. The number of nitrogens with zero attached hydrogens (tertiary/aromatic N) is 4. The zero-order valence-electron chi connectivity index (χ0n) is 39.2. The van der Waals surface area contributed by atoms with Crippen LogP contribution in [0.5, 0.6) is 0 Å². The molecule has 8 bridgehead atoms. The number of fused-ring (bicyclic) bond motifs is 8. The first-order chi connectivity index (χ1) is 30.5. The van der Waals surface area contributed by atoms with E-state index in [1.165, 1.54) is 23.8 Å². The van der Waals surface area contributed by atoms with Crippen molar-refractivity contribution in [3.63, 3.8) is 0 Å². The average molecular weight is 904 g/mol. The van der Waals surface area contributed by atoms with Crippen LogP contribution in [-0.4, -0.2) is 23.0 Å². The van der Waals surface area contributed by atoms with E-state index in [0.717, 1.165) is 72.6 Å². The second-order valence-electron chi connectivity index (χ2n) is 19.9. The molecule has 65 heavy (non-hydrogen) atoms. The predicted molar refractivity (Wildman–Crippen MR) is 266 cm³/mol. The summed E-state index contributed by atoms with van der Waals surface area (Å²) < 4.78 is 5.32. The maximum absolute atomic E-state index is 13.4. The molecule has 9 rings (SSSR count). The van der Waals surface area contributed by atoms with Crippen molar-refractivity contribution in [2.75, 3.05) is 7.11 Å². The van der Waals surface area contributed by atoms with Gasteiger partial charge >= 0.3 is 25.4 Å². The first-order valence-corrected chi connectivity index (χ1v) is 22.0. The molecule has 2 aliphatic heterocycles. The molecule has 2 aliphatic rings. The monoisotopic (exact) mass is 902 g/mol. The molecule has 7 aromatic rings. The zero-order chi connectivity index (χ0) is 45.1. The van der Waals surface area contributed by atoms with Gasteiger partial charge in [-0.25, -0.2) is 14.8 Å². The summed E-state index contributed by atoms with van der Waals surface area (Å²) in [6, 6.07) is 42.1. The van der Waals surface area contributed by atoms with E-state index in [0.29, 0.717) is 22.3 Å². The van der Waals surface area contributed by atoms with Crippen LogP contribution in [0.3, 0.4) is 0 Å². The van der Waals surface area contributed by atoms with Gasteiger partial charge in [-0.1, -0.05) is 178 Å². The molecule has 3 aromatic heterocycles. The third-order valence-corrected chi connectivity index (χ3v) is 12.3. The fraction of sp³-hybridized carbons (Fsp3) is 0.224. The second-order valence-corrected chi connectivity index (χ2v) is 19.9. The minimum Gasteiger partial charge on any atom is -0.657 e. The van der Waals surface area contributed by atoms with Crippen molar-refractivity contribution in [3.8, 4) is 44.5 Å². The van der Waals surface area contributed by atoms with Crippen LogP contribution in [0.1, 0.15) is 112 Å². The van der Waals surface area contributed by atoms with Gasteiger partial charge in [-0.15, -0.1) is 22.1 Å². The first-order valence-electron chi connectivity index (χ1n) is 22.0. The summed E-state index contributed by atoms with van der Waals surface area (Å²) in [5.74, 6) is -0.437. The fourth-order valence-corrected chi connectivity index (χ4v) is 8.65. The number of methoxy groups -OCH3 is 1. The number of hydrogen-bond acceptors (Lipinski definition) is 4. The number of ether oxygens (including phenoxy) is 1. The van der Waals surface area contributed by atoms with Crippen LogP contribution in [-0.2, 0) is 40.5 Å². The molecule has 0 unspecified atom stereocenters. The second kappa shape index (κ2) is 17.2. The van der Waals surface area contributed by atoms with Gasteiger partial charge in [-0.05, 0) is 108 Å². The Kier molecular flexibility index (Phi) is 11.9. The maximum atomic E-state index is 13.4. The van der Waals surface area contributed by atoms with Crippen molar-refractivity contribution < 1.29 is 29.0 Å². The normalized spacial score (nSPS) is 12.6.